The molecule has 0 unspecified atom stereocenters. The average molecular weight is 482 g/mol. The summed E-state index contributed by atoms with van der Waals surface area (Å²) in [7, 11) is 6.32. The molecule has 4 rings (SSSR count). The summed E-state index contributed by atoms with van der Waals surface area (Å²) in [6.07, 6.45) is 7.71. The van der Waals surface area contributed by atoms with Gasteiger partial charge < -0.3 is 29.0 Å². The maximum absolute atomic E-state index is 13.5. The average Bonchev–Trinajstić information content (AvgIpc) is 2.90. The second kappa shape index (κ2) is 10.6. The van der Waals surface area contributed by atoms with Crippen molar-refractivity contribution in [2.75, 3.05) is 35.0 Å². The third kappa shape index (κ3) is 4.96. The maximum Gasteiger partial charge on any atom is 0.247 e. The van der Waals surface area contributed by atoms with Crippen molar-refractivity contribution in [3.05, 3.63) is 53.6 Å². The van der Waals surface area contributed by atoms with E-state index in [4.69, 9.17) is 18.9 Å². The predicted molar refractivity (Wildman–Crippen MR) is 134 cm³/mol. The molecule has 188 valence electrons. The van der Waals surface area contributed by atoms with Crippen LogP contribution in [0, 0.1) is 5.92 Å². The van der Waals surface area contributed by atoms with Crippen molar-refractivity contribution >= 4 is 12.0 Å². The number of methoxy groups -OCH3 is 4. The molecule has 1 aliphatic heterocycles. The van der Waals surface area contributed by atoms with Crippen LogP contribution in [0.1, 0.15) is 49.3 Å². The van der Waals surface area contributed by atoms with E-state index >= 15 is 0 Å². The molecule has 35 heavy (non-hydrogen) atoms. The number of ether oxygens (including phenoxy) is 4. The molecule has 0 bridgehead atoms. The minimum atomic E-state index is -0.736. The maximum atomic E-state index is 13.5. The number of nitrogens with zero attached hydrogens (tertiary/aromatic N) is 1. The first-order chi connectivity index (χ1) is 16.9. The van der Waals surface area contributed by atoms with Crippen LogP contribution >= 0.6 is 0 Å². The molecule has 1 N–H and O–H groups in total. The first-order valence-corrected chi connectivity index (χ1v) is 12.1. The van der Waals surface area contributed by atoms with Crippen molar-refractivity contribution in [1.29, 1.82) is 0 Å². The van der Waals surface area contributed by atoms with Crippen LogP contribution in [0.2, 0.25) is 0 Å². The summed E-state index contributed by atoms with van der Waals surface area (Å²) >= 11 is 0. The van der Waals surface area contributed by atoms with E-state index < -0.39 is 5.60 Å². The lowest BCUT2D eigenvalue weighted by molar-refractivity contribution is -0.150. The summed E-state index contributed by atoms with van der Waals surface area (Å²) in [6.45, 7) is 0.502. The lowest BCUT2D eigenvalue weighted by Crippen LogP contribution is -2.56. The van der Waals surface area contributed by atoms with Crippen LogP contribution in [0.4, 0.5) is 0 Å². The van der Waals surface area contributed by atoms with Crippen LogP contribution in [0.5, 0.6) is 23.0 Å². The van der Waals surface area contributed by atoms with E-state index in [1.807, 2.05) is 41.3 Å². The van der Waals surface area contributed by atoms with Gasteiger partial charge in [-0.15, -0.1) is 0 Å². The molecule has 1 aliphatic carbocycles. The summed E-state index contributed by atoms with van der Waals surface area (Å²) in [5, 5.41) is 11.5. The Balaban J connectivity index is 1.65. The van der Waals surface area contributed by atoms with Crippen LogP contribution in [0.3, 0.4) is 0 Å². The van der Waals surface area contributed by atoms with Gasteiger partial charge in [0.15, 0.2) is 11.5 Å². The number of hydrogen-bond acceptors (Lipinski definition) is 6. The van der Waals surface area contributed by atoms with Crippen molar-refractivity contribution in [2.45, 2.75) is 43.7 Å². The van der Waals surface area contributed by atoms with Gasteiger partial charge in [-0.1, -0.05) is 25.0 Å². The predicted octanol–water partition coefficient (Wildman–Crippen LogP) is 4.63. The van der Waals surface area contributed by atoms with E-state index in [1.54, 1.807) is 40.6 Å². The van der Waals surface area contributed by atoms with Gasteiger partial charge in [0.1, 0.15) is 5.75 Å². The number of piperidine rings is 1. The lowest BCUT2D eigenvalue weighted by Gasteiger charge is -2.52. The molecule has 0 spiro atoms. The number of carbonyl (C=O) groups excluding carboxylic acids is 1. The van der Waals surface area contributed by atoms with E-state index in [0.29, 0.717) is 30.2 Å². The van der Waals surface area contributed by atoms with E-state index in [2.05, 4.69) is 0 Å². The molecule has 2 fully saturated rings. The van der Waals surface area contributed by atoms with Crippen molar-refractivity contribution < 1.29 is 28.8 Å². The monoisotopic (exact) mass is 481 g/mol. The molecule has 7 heteroatoms. The van der Waals surface area contributed by atoms with E-state index in [1.165, 1.54) is 0 Å². The number of aliphatic hydroxyl groups is 1. The van der Waals surface area contributed by atoms with E-state index in [0.717, 1.165) is 42.6 Å². The summed E-state index contributed by atoms with van der Waals surface area (Å²) in [6, 6.07) is 11.3. The zero-order valence-electron chi connectivity index (χ0n) is 21.0. The van der Waals surface area contributed by atoms with Crippen molar-refractivity contribution in [3.63, 3.8) is 0 Å². The number of amides is 1. The van der Waals surface area contributed by atoms with Gasteiger partial charge in [-0.3, -0.25) is 4.79 Å². The summed E-state index contributed by atoms with van der Waals surface area (Å²) in [5.41, 5.74) is 1.05. The zero-order chi connectivity index (χ0) is 25.0. The molecule has 2 aliphatic rings. The second-order valence-electron chi connectivity index (χ2n) is 9.25. The Morgan fingerprint density at radius 2 is 1.66 bits per heavy atom. The van der Waals surface area contributed by atoms with Gasteiger partial charge >= 0.3 is 0 Å². The number of carbonyl (C=O) groups is 1. The minimum Gasteiger partial charge on any atom is -0.497 e. The molecular formula is C28H35NO6. The highest BCUT2D eigenvalue weighted by Gasteiger charge is 2.49. The fourth-order valence-corrected chi connectivity index (χ4v) is 5.60. The number of hydrogen-bond donors (Lipinski definition) is 1. The highest BCUT2D eigenvalue weighted by molar-refractivity contribution is 5.92. The Kier molecular flexibility index (Phi) is 7.55. The van der Waals surface area contributed by atoms with Gasteiger partial charge in [-0.05, 0) is 60.7 Å². The molecule has 7 nitrogen and oxygen atoms in total. The molecule has 0 radical (unpaired) electrons. The van der Waals surface area contributed by atoms with Gasteiger partial charge in [0, 0.05) is 18.5 Å². The standard InChI is InChI=1S/C28H35NO6/c1-32-21-11-9-20(10-12-21)26-22-7-5-6-14-28(22,31)15-16-29(26)25(30)13-8-19-17-23(33-2)27(35-4)24(18-19)34-3/h8-13,17-18,22,26,31H,5-7,14-16H2,1-4H3/t22-,26+,28+/m1/s1. The quantitative estimate of drug-likeness (QED) is 0.581. The van der Waals surface area contributed by atoms with Crippen LogP contribution in [0.15, 0.2) is 42.5 Å². The van der Waals surface area contributed by atoms with Gasteiger partial charge in [0.2, 0.25) is 11.7 Å². The largest absolute Gasteiger partial charge is 0.497 e. The molecular weight excluding hydrogens is 446 g/mol. The van der Waals surface area contributed by atoms with Crippen LogP contribution in [-0.4, -0.2) is 56.5 Å². The third-order valence-corrected chi connectivity index (χ3v) is 7.41. The van der Waals surface area contributed by atoms with Gasteiger partial charge in [0.25, 0.3) is 0 Å². The Morgan fingerprint density at radius 3 is 2.26 bits per heavy atom. The Hall–Kier alpha value is -3.19. The molecule has 1 saturated carbocycles. The SMILES string of the molecule is COc1ccc([C@H]2[C@H]3CCCC[C@]3(O)CCN2C(=O)C=Cc2cc(OC)c(OC)c(OC)c2)cc1. The second-order valence-corrected chi connectivity index (χ2v) is 9.25. The van der Waals surface area contributed by atoms with E-state index in [-0.39, 0.29) is 17.9 Å². The highest BCUT2D eigenvalue weighted by Crippen LogP contribution is 2.49. The molecule has 1 amide bonds. The summed E-state index contributed by atoms with van der Waals surface area (Å²) in [4.78, 5) is 15.4. The molecule has 1 saturated heterocycles. The Bertz CT molecular complexity index is 1040. The number of benzene rings is 2. The summed E-state index contributed by atoms with van der Waals surface area (Å²) < 4.78 is 21.6. The summed E-state index contributed by atoms with van der Waals surface area (Å²) in [5.74, 6) is 2.24. The van der Waals surface area contributed by atoms with E-state index in [9.17, 15) is 9.90 Å². The van der Waals surface area contributed by atoms with Gasteiger partial charge in [0.05, 0.1) is 40.1 Å². The number of rotatable bonds is 7. The highest BCUT2D eigenvalue weighted by atomic mass is 16.5. The van der Waals surface area contributed by atoms with Crippen molar-refractivity contribution in [2.24, 2.45) is 5.92 Å². The van der Waals surface area contributed by atoms with Gasteiger partial charge in [-0.2, -0.15) is 0 Å². The number of likely N-dealkylation sites (tertiary alicyclic amines) is 1. The molecule has 2 aromatic carbocycles. The normalized spacial score (nSPS) is 24.1. The fourth-order valence-electron chi connectivity index (χ4n) is 5.60. The van der Waals surface area contributed by atoms with Crippen LogP contribution < -0.4 is 18.9 Å². The first-order valence-electron chi connectivity index (χ1n) is 12.1. The van der Waals surface area contributed by atoms with Crippen molar-refractivity contribution in [1.82, 2.24) is 4.90 Å². The topological polar surface area (TPSA) is 77.5 Å². The first kappa shape index (κ1) is 24.9. The lowest BCUT2D eigenvalue weighted by atomic mass is 9.66. The number of fused-ring (bicyclic) bond motifs is 1. The smallest absolute Gasteiger partial charge is 0.247 e. The van der Waals surface area contributed by atoms with Crippen molar-refractivity contribution in [3.8, 4) is 23.0 Å². The molecule has 2 aromatic rings. The molecule has 0 aromatic heterocycles. The Labute approximate surface area is 207 Å². The molecule has 3 atom stereocenters. The third-order valence-electron chi connectivity index (χ3n) is 7.41. The zero-order valence-corrected chi connectivity index (χ0v) is 21.0. The fraction of sp³-hybridized carbons (Fsp3) is 0.464. The van der Waals surface area contributed by atoms with Crippen LogP contribution in [0.25, 0.3) is 6.08 Å². The minimum absolute atomic E-state index is 0.00285. The van der Waals surface area contributed by atoms with Gasteiger partial charge in [-0.25, -0.2) is 0 Å². The Morgan fingerprint density at radius 1 is 0.971 bits per heavy atom. The van der Waals surface area contributed by atoms with Crippen LogP contribution in [-0.2, 0) is 4.79 Å². The molecule has 1 heterocycles.